The summed E-state index contributed by atoms with van der Waals surface area (Å²) < 4.78 is 13.8. The molecule has 1 rings (SSSR count). The third kappa shape index (κ3) is 13.6. The van der Waals surface area contributed by atoms with Crippen molar-refractivity contribution in [2.24, 2.45) is 0 Å². The van der Waals surface area contributed by atoms with Gasteiger partial charge >= 0.3 is 35.5 Å². The predicted molar refractivity (Wildman–Crippen MR) is 113 cm³/mol. The summed E-state index contributed by atoms with van der Waals surface area (Å²) in [6.45, 7) is 2.99. The van der Waals surface area contributed by atoms with Crippen LogP contribution in [0.25, 0.3) is 0 Å². The molecule has 0 saturated carbocycles. The van der Waals surface area contributed by atoms with Crippen molar-refractivity contribution in [3.63, 3.8) is 0 Å². The van der Waals surface area contributed by atoms with Crippen LogP contribution in [-0.2, 0) is 0 Å². The van der Waals surface area contributed by atoms with E-state index in [1.54, 1.807) is 0 Å². The summed E-state index contributed by atoms with van der Waals surface area (Å²) in [5.41, 5.74) is 0.365. The standard InChI is InChI=1S/C23H38FNO2.Na.H/c1-2-3-4-5-6-7-8-9-10-11-12-13-14-15-18-25-22-17-16-20(23(26)27)19-21(22)24;;/h16-17,19,25H,2-15,18H2,1H3,(H,26,27);;/q;+1;-1. The Balaban J connectivity index is 0. The number of hydrogen-bond donors (Lipinski definition) is 2. The molecule has 28 heavy (non-hydrogen) atoms. The molecule has 0 aliphatic heterocycles. The fourth-order valence-electron chi connectivity index (χ4n) is 3.33. The molecule has 0 heterocycles. The minimum atomic E-state index is -1.10. The van der Waals surface area contributed by atoms with Gasteiger partial charge in [0.2, 0.25) is 0 Å². The summed E-state index contributed by atoms with van der Waals surface area (Å²) >= 11 is 0. The van der Waals surface area contributed by atoms with Gasteiger partial charge in [-0.05, 0) is 24.6 Å². The van der Waals surface area contributed by atoms with Gasteiger partial charge in [0.05, 0.1) is 11.3 Å². The van der Waals surface area contributed by atoms with Crippen molar-refractivity contribution in [2.45, 2.75) is 96.8 Å². The van der Waals surface area contributed by atoms with Gasteiger partial charge in [-0.3, -0.25) is 0 Å². The number of halogens is 1. The predicted octanol–water partition coefficient (Wildman–Crippen LogP) is 4.53. The molecule has 0 bridgehead atoms. The van der Waals surface area contributed by atoms with Gasteiger partial charge in [0.1, 0.15) is 5.82 Å². The van der Waals surface area contributed by atoms with E-state index in [0.29, 0.717) is 5.69 Å². The van der Waals surface area contributed by atoms with Crippen molar-refractivity contribution in [2.75, 3.05) is 11.9 Å². The minimum Gasteiger partial charge on any atom is -1.00 e. The second kappa shape index (κ2) is 18.4. The molecule has 156 valence electrons. The zero-order valence-electron chi connectivity index (χ0n) is 19.1. The van der Waals surface area contributed by atoms with Crippen LogP contribution in [0.5, 0.6) is 0 Å². The van der Waals surface area contributed by atoms with E-state index in [0.717, 1.165) is 25.5 Å². The van der Waals surface area contributed by atoms with Crippen LogP contribution < -0.4 is 34.9 Å². The SMILES string of the molecule is CCCCCCCCCCCCCCCCNc1ccc(C(=O)O)cc1F.[H-].[Na+]. The molecule has 0 aliphatic rings. The Kier molecular flexibility index (Phi) is 18.1. The summed E-state index contributed by atoms with van der Waals surface area (Å²) in [4.78, 5) is 10.8. The molecule has 0 fully saturated rings. The van der Waals surface area contributed by atoms with Gasteiger partial charge in [0.15, 0.2) is 0 Å². The van der Waals surface area contributed by atoms with E-state index in [1.807, 2.05) is 0 Å². The average molecular weight is 404 g/mol. The van der Waals surface area contributed by atoms with Crippen LogP contribution >= 0.6 is 0 Å². The Bertz CT molecular complexity index is 532. The third-order valence-corrected chi connectivity index (χ3v) is 5.06. The van der Waals surface area contributed by atoms with Crippen molar-refractivity contribution < 1.29 is 45.3 Å². The van der Waals surface area contributed by atoms with Crippen molar-refractivity contribution >= 4 is 11.7 Å². The van der Waals surface area contributed by atoms with E-state index in [-0.39, 0.29) is 36.5 Å². The summed E-state index contributed by atoms with van der Waals surface area (Å²) in [5, 5.41) is 11.9. The van der Waals surface area contributed by atoms with Crippen molar-refractivity contribution in [3.05, 3.63) is 29.6 Å². The number of hydrogen-bond acceptors (Lipinski definition) is 2. The first-order valence-corrected chi connectivity index (χ1v) is 10.9. The molecule has 5 heteroatoms. The van der Waals surface area contributed by atoms with Gasteiger partial charge in [-0.2, -0.15) is 0 Å². The summed E-state index contributed by atoms with van der Waals surface area (Å²) in [6, 6.07) is 4.00. The first kappa shape index (κ1) is 27.4. The summed E-state index contributed by atoms with van der Waals surface area (Å²) in [6.07, 6.45) is 18.5. The molecular weight excluding hydrogens is 364 g/mol. The molecule has 0 aromatic heterocycles. The topological polar surface area (TPSA) is 49.3 Å². The number of carbonyl (C=O) groups is 1. The van der Waals surface area contributed by atoms with Gasteiger partial charge in [0.25, 0.3) is 0 Å². The number of nitrogens with one attached hydrogen (secondary N) is 1. The molecule has 0 saturated heterocycles. The molecule has 0 unspecified atom stereocenters. The van der Waals surface area contributed by atoms with Crippen LogP contribution in [0.3, 0.4) is 0 Å². The van der Waals surface area contributed by atoms with E-state index >= 15 is 0 Å². The number of carboxylic acids is 1. The first-order valence-electron chi connectivity index (χ1n) is 10.9. The zero-order valence-corrected chi connectivity index (χ0v) is 20.1. The van der Waals surface area contributed by atoms with Crippen LogP contribution in [-0.4, -0.2) is 17.6 Å². The Morgan fingerprint density at radius 2 is 1.36 bits per heavy atom. The molecule has 0 spiro atoms. The average Bonchev–Trinajstić information content (AvgIpc) is 2.65. The maximum absolute atomic E-state index is 13.8. The normalized spacial score (nSPS) is 10.5. The van der Waals surface area contributed by atoms with E-state index in [4.69, 9.17) is 5.11 Å². The second-order valence-electron chi connectivity index (χ2n) is 7.52. The van der Waals surface area contributed by atoms with E-state index in [2.05, 4.69) is 12.2 Å². The van der Waals surface area contributed by atoms with Gasteiger partial charge in [-0.1, -0.05) is 90.4 Å². The van der Waals surface area contributed by atoms with Crippen LogP contribution in [0, 0.1) is 5.82 Å². The third-order valence-electron chi connectivity index (χ3n) is 5.06. The summed E-state index contributed by atoms with van der Waals surface area (Å²) in [7, 11) is 0. The smallest absolute Gasteiger partial charge is 1.00 e. The molecule has 2 N–H and O–H groups in total. The zero-order chi connectivity index (χ0) is 19.7. The van der Waals surface area contributed by atoms with E-state index in [9.17, 15) is 9.18 Å². The second-order valence-corrected chi connectivity index (χ2v) is 7.52. The maximum atomic E-state index is 13.8. The van der Waals surface area contributed by atoms with Gasteiger partial charge < -0.3 is 11.8 Å². The number of benzene rings is 1. The molecule has 1 aromatic carbocycles. The van der Waals surface area contributed by atoms with E-state index < -0.39 is 11.8 Å². The van der Waals surface area contributed by atoms with Crippen molar-refractivity contribution in [1.82, 2.24) is 0 Å². The Morgan fingerprint density at radius 1 is 0.893 bits per heavy atom. The van der Waals surface area contributed by atoms with Crippen LogP contribution in [0.1, 0.15) is 109 Å². The number of carboxylic acid groups (broad SMARTS) is 1. The van der Waals surface area contributed by atoms with Gasteiger partial charge in [-0.25, -0.2) is 9.18 Å². The van der Waals surface area contributed by atoms with Crippen LogP contribution in [0.15, 0.2) is 18.2 Å². The largest absolute Gasteiger partial charge is 1.00 e. The first-order chi connectivity index (χ1) is 13.1. The number of rotatable bonds is 17. The Hall–Kier alpha value is -0.580. The van der Waals surface area contributed by atoms with E-state index in [1.165, 1.54) is 89.2 Å². The molecular formula is C23H39FNNaO2. The van der Waals surface area contributed by atoms with Crippen molar-refractivity contribution in [3.8, 4) is 0 Å². The molecule has 0 atom stereocenters. The Labute approximate surface area is 194 Å². The minimum absolute atomic E-state index is 0. The van der Waals surface area contributed by atoms with Crippen LogP contribution in [0.4, 0.5) is 10.1 Å². The molecule has 3 nitrogen and oxygen atoms in total. The van der Waals surface area contributed by atoms with Crippen molar-refractivity contribution in [1.29, 1.82) is 0 Å². The molecule has 1 aromatic rings. The molecule has 0 radical (unpaired) electrons. The van der Waals surface area contributed by atoms with Gasteiger partial charge in [0, 0.05) is 6.54 Å². The summed E-state index contributed by atoms with van der Waals surface area (Å²) in [5.74, 6) is -1.60. The molecule has 0 amide bonds. The number of unbranched alkanes of at least 4 members (excludes halogenated alkanes) is 13. The maximum Gasteiger partial charge on any atom is 1.00 e. The quantitative estimate of drug-likeness (QED) is 0.297. The monoisotopic (exact) mass is 403 g/mol. The number of aromatic carboxylic acids is 1. The Morgan fingerprint density at radius 3 is 1.79 bits per heavy atom. The number of anilines is 1. The van der Waals surface area contributed by atoms with Gasteiger partial charge in [-0.15, -0.1) is 0 Å². The fraction of sp³-hybridized carbons (Fsp3) is 0.696. The fourth-order valence-corrected chi connectivity index (χ4v) is 3.33. The molecule has 0 aliphatic carbocycles. The van der Waals surface area contributed by atoms with Crippen LogP contribution in [0.2, 0.25) is 0 Å².